The Balaban J connectivity index is 1.90. The van der Waals surface area contributed by atoms with Gasteiger partial charge in [-0.15, -0.1) is 0 Å². The molecule has 0 aliphatic rings. The van der Waals surface area contributed by atoms with Crippen molar-refractivity contribution in [2.75, 3.05) is 0 Å². The smallest absolute Gasteiger partial charge is 0.150 e. The van der Waals surface area contributed by atoms with Crippen LogP contribution in [0.25, 0.3) is 0 Å². The second-order valence-electron chi connectivity index (χ2n) is 5.16. The predicted molar refractivity (Wildman–Crippen MR) is 93.4 cm³/mol. The lowest BCUT2D eigenvalue weighted by Gasteiger charge is -1.94. The molecule has 114 valence electrons. The van der Waals surface area contributed by atoms with Crippen molar-refractivity contribution in [2.24, 2.45) is 7.05 Å². The van der Waals surface area contributed by atoms with Crippen LogP contribution >= 0.6 is 0 Å². The molecule has 3 rings (SSSR count). The van der Waals surface area contributed by atoms with Gasteiger partial charge in [0.05, 0.1) is 6.33 Å². The lowest BCUT2D eigenvalue weighted by atomic mass is 10.1. The molecule has 0 aliphatic carbocycles. The maximum atomic E-state index is 10.7. The summed E-state index contributed by atoms with van der Waals surface area (Å²) in [5.74, 6) is 12.4. The fourth-order valence-corrected chi connectivity index (χ4v) is 2.10. The Morgan fingerprint density at radius 2 is 1.54 bits per heavy atom. The van der Waals surface area contributed by atoms with Crippen LogP contribution in [0.1, 0.15) is 32.9 Å². The summed E-state index contributed by atoms with van der Waals surface area (Å²) in [5.41, 5.74) is 3.82. The van der Waals surface area contributed by atoms with Crippen LogP contribution in [0.3, 0.4) is 0 Å². The number of hydrogen-bond acceptors (Lipinski definition) is 2. The molecule has 1 heterocycles. The van der Waals surface area contributed by atoms with Crippen LogP contribution in [0.15, 0.2) is 60.9 Å². The normalized spacial score (nSPS) is 9.38. The largest absolute Gasteiger partial charge is 0.326 e. The van der Waals surface area contributed by atoms with Gasteiger partial charge < -0.3 is 4.57 Å². The highest BCUT2D eigenvalue weighted by molar-refractivity contribution is 5.74. The van der Waals surface area contributed by atoms with Crippen molar-refractivity contribution in [3.8, 4) is 23.7 Å². The average Bonchev–Trinajstić information content (AvgIpc) is 2.99. The van der Waals surface area contributed by atoms with E-state index in [4.69, 9.17) is 0 Å². The number of aryl methyl sites for hydroxylation is 1. The van der Waals surface area contributed by atoms with E-state index in [1.54, 1.807) is 18.5 Å². The summed E-state index contributed by atoms with van der Waals surface area (Å²) >= 11 is 0. The third-order valence-corrected chi connectivity index (χ3v) is 3.41. The van der Waals surface area contributed by atoms with Gasteiger partial charge in [-0.2, -0.15) is 0 Å². The Kier molecular flexibility index (Phi) is 4.56. The zero-order valence-electron chi connectivity index (χ0n) is 13.2. The highest BCUT2D eigenvalue weighted by Gasteiger charge is 2.03. The fourth-order valence-electron chi connectivity index (χ4n) is 2.10. The van der Waals surface area contributed by atoms with E-state index >= 15 is 0 Å². The first kappa shape index (κ1) is 15.3. The monoisotopic (exact) mass is 310 g/mol. The number of aldehydes is 1. The number of benzene rings is 2. The minimum absolute atomic E-state index is 0.635. The molecule has 1 aromatic heterocycles. The molecule has 0 N–H and O–H groups in total. The minimum Gasteiger partial charge on any atom is -0.326 e. The van der Waals surface area contributed by atoms with Crippen molar-refractivity contribution >= 4 is 6.29 Å². The van der Waals surface area contributed by atoms with Crippen LogP contribution < -0.4 is 0 Å². The molecular weight excluding hydrogens is 296 g/mol. The molecule has 0 radical (unpaired) electrons. The van der Waals surface area contributed by atoms with Gasteiger partial charge in [0.1, 0.15) is 17.7 Å². The molecule has 0 fully saturated rings. The summed E-state index contributed by atoms with van der Waals surface area (Å²) in [7, 11) is 1.89. The number of nitrogens with zero attached hydrogens (tertiary/aromatic N) is 2. The van der Waals surface area contributed by atoms with Crippen molar-refractivity contribution in [1.82, 2.24) is 9.55 Å². The summed E-state index contributed by atoms with van der Waals surface area (Å²) in [6, 6.07) is 16.9. The summed E-state index contributed by atoms with van der Waals surface area (Å²) in [5, 5.41) is 0. The molecule has 3 nitrogen and oxygen atoms in total. The summed E-state index contributed by atoms with van der Waals surface area (Å²) in [6.07, 6.45) is 2.52. The van der Waals surface area contributed by atoms with Gasteiger partial charge in [-0.3, -0.25) is 4.79 Å². The van der Waals surface area contributed by atoms with Crippen LogP contribution in [0.5, 0.6) is 0 Å². The van der Waals surface area contributed by atoms with E-state index in [9.17, 15) is 4.79 Å². The number of hydrogen-bond donors (Lipinski definition) is 0. The van der Waals surface area contributed by atoms with Gasteiger partial charge in [-0.25, -0.2) is 4.98 Å². The molecule has 0 unspecified atom stereocenters. The highest BCUT2D eigenvalue weighted by Crippen LogP contribution is 2.06. The van der Waals surface area contributed by atoms with Crippen LogP contribution in [0.2, 0.25) is 0 Å². The van der Waals surface area contributed by atoms with Crippen molar-refractivity contribution in [3.05, 3.63) is 89.0 Å². The number of imidazole rings is 1. The molecule has 0 spiro atoms. The van der Waals surface area contributed by atoms with Gasteiger partial charge in [-0.05, 0) is 36.1 Å². The maximum Gasteiger partial charge on any atom is 0.150 e. The van der Waals surface area contributed by atoms with E-state index in [2.05, 4.69) is 28.7 Å². The van der Waals surface area contributed by atoms with Crippen molar-refractivity contribution in [2.45, 2.75) is 0 Å². The van der Waals surface area contributed by atoms with Gasteiger partial charge in [-0.1, -0.05) is 42.2 Å². The zero-order chi connectivity index (χ0) is 16.8. The molecule has 24 heavy (non-hydrogen) atoms. The van der Waals surface area contributed by atoms with Crippen molar-refractivity contribution < 1.29 is 4.79 Å². The zero-order valence-corrected chi connectivity index (χ0v) is 13.2. The molecule has 0 bridgehead atoms. The summed E-state index contributed by atoms with van der Waals surface area (Å²) in [4.78, 5) is 15.0. The van der Waals surface area contributed by atoms with Gasteiger partial charge in [0.25, 0.3) is 0 Å². The first-order valence-corrected chi connectivity index (χ1v) is 7.42. The third-order valence-electron chi connectivity index (χ3n) is 3.41. The van der Waals surface area contributed by atoms with Crippen molar-refractivity contribution in [1.29, 1.82) is 0 Å². The number of carbonyl (C=O) groups excluding carboxylic acids is 1. The van der Waals surface area contributed by atoms with E-state index < -0.39 is 0 Å². The minimum atomic E-state index is 0.635. The van der Waals surface area contributed by atoms with Gasteiger partial charge in [0.2, 0.25) is 0 Å². The summed E-state index contributed by atoms with van der Waals surface area (Å²) < 4.78 is 1.85. The molecule has 0 saturated carbocycles. The Hall–Kier alpha value is -3.56. The molecular formula is C21H14N2O. The highest BCUT2D eigenvalue weighted by atomic mass is 16.1. The first-order chi connectivity index (χ1) is 11.8. The van der Waals surface area contributed by atoms with E-state index in [1.165, 1.54) is 0 Å². The molecule has 0 atom stereocenters. The maximum absolute atomic E-state index is 10.7. The first-order valence-electron chi connectivity index (χ1n) is 7.42. The van der Waals surface area contributed by atoms with Crippen LogP contribution in [0.4, 0.5) is 0 Å². The average molecular weight is 310 g/mol. The standard InChI is InChI=1S/C21H14N2O/c1-23-16-22-20(13-11-17-5-3-2-4-6-17)21(23)14-12-18-7-9-19(15-24)10-8-18/h2-10,15-16H,1H3. The number of carbonyl (C=O) groups is 1. The van der Waals surface area contributed by atoms with E-state index in [0.29, 0.717) is 11.3 Å². The molecule has 0 aliphatic heterocycles. The van der Waals surface area contributed by atoms with Crippen LogP contribution in [-0.2, 0) is 7.05 Å². The quantitative estimate of drug-likeness (QED) is 0.511. The van der Waals surface area contributed by atoms with Crippen LogP contribution in [0, 0.1) is 23.7 Å². The molecule has 0 amide bonds. The molecule has 3 heteroatoms. The molecule has 3 aromatic rings. The van der Waals surface area contributed by atoms with E-state index in [1.807, 2.05) is 54.1 Å². The van der Waals surface area contributed by atoms with Gasteiger partial charge >= 0.3 is 0 Å². The number of aromatic nitrogens is 2. The second kappa shape index (κ2) is 7.13. The SMILES string of the molecule is Cn1cnc(C#Cc2ccccc2)c1C#Cc1ccc(C=O)cc1. The fraction of sp³-hybridized carbons (Fsp3) is 0.0476. The Labute approximate surface area is 141 Å². The Bertz CT molecular complexity index is 976. The van der Waals surface area contributed by atoms with E-state index in [0.717, 1.165) is 23.1 Å². The third kappa shape index (κ3) is 3.61. The second-order valence-corrected chi connectivity index (χ2v) is 5.16. The topological polar surface area (TPSA) is 34.9 Å². The predicted octanol–water partition coefficient (Wildman–Crippen LogP) is 3.03. The molecule has 2 aromatic carbocycles. The Morgan fingerprint density at radius 3 is 2.25 bits per heavy atom. The summed E-state index contributed by atoms with van der Waals surface area (Å²) in [6.45, 7) is 0. The lowest BCUT2D eigenvalue weighted by Crippen LogP contribution is -1.91. The number of rotatable bonds is 1. The van der Waals surface area contributed by atoms with E-state index in [-0.39, 0.29) is 0 Å². The lowest BCUT2D eigenvalue weighted by molar-refractivity contribution is 0.112. The molecule has 0 saturated heterocycles. The van der Waals surface area contributed by atoms with Crippen molar-refractivity contribution in [3.63, 3.8) is 0 Å². The van der Waals surface area contributed by atoms with Gasteiger partial charge in [0, 0.05) is 23.7 Å². The van der Waals surface area contributed by atoms with Gasteiger partial charge in [0.15, 0.2) is 0 Å². The van der Waals surface area contributed by atoms with Crippen LogP contribution in [-0.4, -0.2) is 15.8 Å². The Morgan fingerprint density at radius 1 is 0.875 bits per heavy atom.